The Morgan fingerprint density at radius 2 is 0.730 bits per heavy atom. The van der Waals surface area contributed by atoms with E-state index in [2.05, 4.69) is 237 Å². The van der Waals surface area contributed by atoms with Crippen LogP contribution < -0.4 is 0 Å². The van der Waals surface area contributed by atoms with E-state index in [1.54, 1.807) is 0 Å². The number of fused-ring (bicyclic) bond motifs is 3. The Balaban J connectivity index is 1.13. The molecule has 3 heteroatoms. The van der Waals surface area contributed by atoms with Crippen molar-refractivity contribution < 1.29 is 9.47 Å². The quantitative estimate of drug-likeness (QED) is 0.0805. The number of hydrogen-bond acceptors (Lipinski definition) is 2. The first-order chi connectivity index (χ1) is 31.1. The molecule has 9 aromatic rings. The highest BCUT2D eigenvalue weighted by Gasteiger charge is 2.39. The number of rotatable bonds is 18. The van der Waals surface area contributed by atoms with Crippen LogP contribution in [-0.2, 0) is 40.4 Å². The first-order valence-corrected chi connectivity index (χ1v) is 22.8. The van der Waals surface area contributed by atoms with E-state index < -0.39 is 11.2 Å². The van der Waals surface area contributed by atoms with Crippen LogP contribution in [0.25, 0.3) is 21.8 Å². The van der Waals surface area contributed by atoms with Gasteiger partial charge in [0.15, 0.2) is 0 Å². The van der Waals surface area contributed by atoms with Crippen molar-refractivity contribution in [3.8, 4) is 0 Å². The van der Waals surface area contributed by atoms with Gasteiger partial charge in [-0.3, -0.25) is 0 Å². The van der Waals surface area contributed by atoms with Crippen LogP contribution in [-0.4, -0.2) is 4.57 Å². The van der Waals surface area contributed by atoms with E-state index in [1.807, 2.05) is 0 Å². The molecule has 1 aromatic heterocycles. The molecule has 0 aliphatic carbocycles. The molecule has 0 aliphatic heterocycles. The minimum absolute atomic E-state index is 0.433. The lowest BCUT2D eigenvalue weighted by Gasteiger charge is -2.36. The zero-order valence-electron chi connectivity index (χ0n) is 36.6. The molecule has 0 spiro atoms. The van der Waals surface area contributed by atoms with Gasteiger partial charge in [-0.15, -0.1) is 0 Å². The van der Waals surface area contributed by atoms with E-state index in [0.29, 0.717) is 19.1 Å². The minimum Gasteiger partial charge on any atom is -0.356 e. The third-order valence-corrected chi connectivity index (χ3v) is 13.0. The topological polar surface area (TPSA) is 23.4 Å². The molecular formula is C60H57NO2. The summed E-state index contributed by atoms with van der Waals surface area (Å²) < 4.78 is 17.3. The average molecular weight is 824 g/mol. The van der Waals surface area contributed by atoms with Crippen molar-refractivity contribution in [2.45, 2.75) is 70.5 Å². The molecule has 0 radical (unpaired) electrons. The SMILES string of the molecule is CCCCC(CC)Cn1c2cc(COC(c3ccccc3)(c3ccccc3)c3ccccc3)ccc2c2ccc(COC(c3ccccc3)(c3ccccc3)c3ccccc3)cc21. The molecule has 0 N–H and O–H groups in total. The monoisotopic (exact) mass is 823 g/mol. The summed E-state index contributed by atoms with van der Waals surface area (Å²) in [7, 11) is 0. The van der Waals surface area contributed by atoms with Crippen LogP contribution in [0.15, 0.2) is 218 Å². The lowest BCUT2D eigenvalue weighted by atomic mass is 9.80. The van der Waals surface area contributed by atoms with Crippen molar-refractivity contribution in [2.75, 3.05) is 0 Å². The number of ether oxygens (including phenoxy) is 2. The maximum Gasteiger partial charge on any atom is 0.144 e. The Morgan fingerprint density at radius 1 is 0.413 bits per heavy atom. The molecule has 63 heavy (non-hydrogen) atoms. The molecule has 314 valence electrons. The number of aromatic nitrogens is 1. The van der Waals surface area contributed by atoms with Gasteiger partial charge in [0, 0.05) is 28.4 Å². The van der Waals surface area contributed by atoms with Crippen LogP contribution in [0, 0.1) is 5.92 Å². The molecule has 0 saturated heterocycles. The number of nitrogens with zero attached hydrogens (tertiary/aromatic N) is 1. The number of hydrogen-bond donors (Lipinski definition) is 0. The van der Waals surface area contributed by atoms with E-state index in [0.717, 1.165) is 57.5 Å². The smallest absolute Gasteiger partial charge is 0.144 e. The molecule has 9 rings (SSSR count). The van der Waals surface area contributed by atoms with Crippen LogP contribution >= 0.6 is 0 Å². The van der Waals surface area contributed by atoms with Crippen LogP contribution in [0.3, 0.4) is 0 Å². The van der Waals surface area contributed by atoms with E-state index in [4.69, 9.17) is 9.47 Å². The van der Waals surface area contributed by atoms with Crippen molar-refractivity contribution in [3.63, 3.8) is 0 Å². The largest absolute Gasteiger partial charge is 0.356 e. The number of benzene rings is 8. The zero-order chi connectivity index (χ0) is 42.9. The van der Waals surface area contributed by atoms with Crippen molar-refractivity contribution in [2.24, 2.45) is 5.92 Å². The second-order valence-corrected chi connectivity index (χ2v) is 16.9. The normalized spacial score (nSPS) is 12.5. The van der Waals surface area contributed by atoms with Gasteiger partial charge in [0.25, 0.3) is 0 Å². The third kappa shape index (κ3) is 8.40. The summed E-state index contributed by atoms with van der Waals surface area (Å²) in [6, 6.07) is 77.9. The summed E-state index contributed by atoms with van der Waals surface area (Å²) in [4.78, 5) is 0. The summed E-state index contributed by atoms with van der Waals surface area (Å²) in [6.45, 7) is 6.46. The van der Waals surface area contributed by atoms with E-state index in [9.17, 15) is 0 Å². The standard InChI is InChI=1S/C60H57NO2/c1-3-5-24-46(4-2)43-61-57-41-47(44-62-59(49-25-12-6-13-26-49,50-27-14-7-15-28-50)51-29-16-8-17-30-51)37-39-55(57)56-40-38-48(42-58(56)61)45-63-60(52-31-18-9-19-32-52,53-33-20-10-21-34-53)54-35-22-11-23-36-54/h6-23,25-42,46H,3-5,24,43-45H2,1-2H3. The van der Waals surface area contributed by atoms with Gasteiger partial charge in [-0.05, 0) is 69.0 Å². The molecule has 1 unspecified atom stereocenters. The van der Waals surface area contributed by atoms with Crippen molar-refractivity contribution in [1.29, 1.82) is 0 Å². The lowest BCUT2D eigenvalue weighted by Crippen LogP contribution is -2.32. The summed E-state index contributed by atoms with van der Waals surface area (Å²) >= 11 is 0. The summed E-state index contributed by atoms with van der Waals surface area (Å²) in [5.41, 5.74) is 9.78. The van der Waals surface area contributed by atoms with Crippen LogP contribution in [0.4, 0.5) is 0 Å². The zero-order valence-corrected chi connectivity index (χ0v) is 36.6. The highest BCUT2D eigenvalue weighted by Crippen LogP contribution is 2.43. The summed E-state index contributed by atoms with van der Waals surface area (Å²) in [6.07, 6.45) is 4.77. The van der Waals surface area contributed by atoms with E-state index in [1.165, 1.54) is 41.1 Å². The Hall–Kier alpha value is -6.52. The Kier molecular flexibility index (Phi) is 12.8. The fraction of sp³-hybridized carbons (Fsp3) is 0.200. The molecule has 0 bridgehead atoms. The van der Waals surface area contributed by atoms with Gasteiger partial charge in [0.05, 0.1) is 13.2 Å². The molecule has 0 aliphatic rings. The molecule has 0 saturated carbocycles. The van der Waals surface area contributed by atoms with Gasteiger partial charge in [-0.2, -0.15) is 0 Å². The second-order valence-electron chi connectivity index (χ2n) is 16.9. The summed E-state index contributed by atoms with van der Waals surface area (Å²) in [5, 5.41) is 2.53. The van der Waals surface area contributed by atoms with Gasteiger partial charge in [0.2, 0.25) is 0 Å². The fourth-order valence-corrected chi connectivity index (χ4v) is 9.66. The van der Waals surface area contributed by atoms with Crippen molar-refractivity contribution >= 4 is 21.8 Å². The predicted octanol–water partition coefficient (Wildman–Crippen LogP) is 15.0. The third-order valence-electron chi connectivity index (χ3n) is 13.0. The van der Waals surface area contributed by atoms with Gasteiger partial charge in [0.1, 0.15) is 11.2 Å². The van der Waals surface area contributed by atoms with E-state index >= 15 is 0 Å². The minimum atomic E-state index is -0.803. The Bertz CT molecular complexity index is 2440. The first kappa shape index (κ1) is 41.8. The number of unbranched alkanes of at least 4 members (excludes halogenated alkanes) is 1. The van der Waals surface area contributed by atoms with Crippen LogP contribution in [0.5, 0.6) is 0 Å². The van der Waals surface area contributed by atoms with Crippen molar-refractivity contribution in [3.05, 3.63) is 263 Å². The van der Waals surface area contributed by atoms with Gasteiger partial charge >= 0.3 is 0 Å². The molecule has 0 fully saturated rings. The van der Waals surface area contributed by atoms with E-state index in [-0.39, 0.29) is 0 Å². The van der Waals surface area contributed by atoms with Gasteiger partial charge in [-0.25, -0.2) is 0 Å². The summed E-state index contributed by atoms with van der Waals surface area (Å²) in [5.74, 6) is 0.562. The Morgan fingerprint density at radius 3 is 1.02 bits per heavy atom. The van der Waals surface area contributed by atoms with Crippen molar-refractivity contribution in [1.82, 2.24) is 4.57 Å². The Labute approximate surface area is 373 Å². The lowest BCUT2D eigenvalue weighted by molar-refractivity contribution is 0.000222. The molecule has 1 heterocycles. The highest BCUT2D eigenvalue weighted by atomic mass is 16.5. The maximum atomic E-state index is 7.36. The van der Waals surface area contributed by atoms with Gasteiger partial charge in [-0.1, -0.05) is 239 Å². The molecule has 3 nitrogen and oxygen atoms in total. The fourth-order valence-electron chi connectivity index (χ4n) is 9.66. The van der Waals surface area contributed by atoms with Crippen LogP contribution in [0.2, 0.25) is 0 Å². The average Bonchev–Trinajstić information content (AvgIpc) is 3.66. The molecule has 1 atom stereocenters. The molecule has 0 amide bonds. The highest BCUT2D eigenvalue weighted by molar-refractivity contribution is 6.08. The van der Waals surface area contributed by atoms with Gasteiger partial charge < -0.3 is 14.0 Å². The maximum absolute atomic E-state index is 7.36. The second kappa shape index (κ2) is 19.3. The first-order valence-electron chi connectivity index (χ1n) is 22.8. The predicted molar refractivity (Wildman–Crippen MR) is 261 cm³/mol. The van der Waals surface area contributed by atoms with Crippen LogP contribution in [0.1, 0.15) is 84.0 Å². The molecule has 8 aromatic carbocycles. The molecular weight excluding hydrogens is 767 g/mol.